The number of rotatable bonds is 3. The number of hydrogen-bond acceptors (Lipinski definition) is 4. The third kappa shape index (κ3) is 2.95. The van der Waals surface area contributed by atoms with Crippen LogP contribution in [0.2, 0.25) is 0 Å². The molecule has 0 aromatic heterocycles. The van der Waals surface area contributed by atoms with Crippen molar-refractivity contribution in [1.82, 2.24) is 0 Å². The van der Waals surface area contributed by atoms with E-state index in [9.17, 15) is 17.9 Å². The molecule has 6 heteroatoms. The zero-order valence-electron chi connectivity index (χ0n) is 12.2. The van der Waals surface area contributed by atoms with E-state index in [0.29, 0.717) is 27.8 Å². The van der Waals surface area contributed by atoms with Gasteiger partial charge in [0.15, 0.2) is 0 Å². The maximum absolute atomic E-state index is 13.8. The van der Waals surface area contributed by atoms with Crippen molar-refractivity contribution in [3.8, 4) is 0 Å². The zero-order chi connectivity index (χ0) is 16.6. The second-order valence-corrected chi connectivity index (χ2v) is 6.09. The molecule has 0 aliphatic carbocycles. The van der Waals surface area contributed by atoms with Crippen LogP contribution in [-0.2, 0) is 20.6 Å². The van der Waals surface area contributed by atoms with E-state index in [1.54, 1.807) is 31.2 Å². The molecular weight excluding hydrogens is 319 g/mol. The van der Waals surface area contributed by atoms with Gasteiger partial charge in [-0.05, 0) is 52.9 Å². The van der Waals surface area contributed by atoms with Gasteiger partial charge in [0.05, 0.1) is 5.57 Å². The van der Waals surface area contributed by atoms with Crippen LogP contribution in [0.4, 0.5) is 4.39 Å². The number of hydrogen-bond donors (Lipinski definition) is 0. The minimum absolute atomic E-state index is 0.0729. The van der Waals surface area contributed by atoms with Gasteiger partial charge in [0, 0.05) is 10.5 Å². The number of carbonyl (C=O) groups excluding carboxylic acids is 1. The minimum atomic E-state index is -2.31. The molecule has 1 aliphatic heterocycles. The molecule has 0 N–H and O–H groups in total. The van der Waals surface area contributed by atoms with Crippen LogP contribution in [0.25, 0.3) is 11.1 Å². The smallest absolute Gasteiger partial charge is 0.339 e. The molecular formula is C17H12FO4S-. The number of halogens is 1. The summed E-state index contributed by atoms with van der Waals surface area (Å²) in [5, 5.41) is 0. The maximum atomic E-state index is 13.8. The number of aryl methyl sites for hydroxylation is 1. The summed E-state index contributed by atoms with van der Waals surface area (Å²) < 4.78 is 40.7. The minimum Gasteiger partial charge on any atom is -0.768 e. The van der Waals surface area contributed by atoms with Crippen LogP contribution < -0.4 is 0 Å². The van der Waals surface area contributed by atoms with E-state index in [1.807, 2.05) is 0 Å². The van der Waals surface area contributed by atoms with Crippen LogP contribution in [0.1, 0.15) is 16.7 Å². The maximum Gasteiger partial charge on any atom is 0.339 e. The number of cyclic esters (lactones) is 1. The first-order valence-corrected chi connectivity index (χ1v) is 7.91. The normalized spacial score (nSPS) is 15.7. The van der Waals surface area contributed by atoms with Crippen LogP contribution in [0.15, 0.2) is 47.4 Å². The van der Waals surface area contributed by atoms with Gasteiger partial charge in [-0.3, -0.25) is 4.21 Å². The third-order valence-corrected chi connectivity index (χ3v) is 4.37. The van der Waals surface area contributed by atoms with Gasteiger partial charge < -0.3 is 9.29 Å². The molecule has 2 aromatic rings. The molecule has 23 heavy (non-hydrogen) atoms. The molecule has 0 fully saturated rings. The number of esters is 1. The average Bonchev–Trinajstić information content (AvgIpc) is 2.92. The third-order valence-electron chi connectivity index (χ3n) is 3.71. The topological polar surface area (TPSA) is 66.4 Å². The Bertz CT molecular complexity index is 840. The zero-order valence-corrected chi connectivity index (χ0v) is 13.0. The van der Waals surface area contributed by atoms with Crippen molar-refractivity contribution in [2.45, 2.75) is 11.8 Å². The van der Waals surface area contributed by atoms with Crippen molar-refractivity contribution in [3.63, 3.8) is 0 Å². The van der Waals surface area contributed by atoms with Gasteiger partial charge in [-0.25, -0.2) is 9.18 Å². The highest BCUT2D eigenvalue weighted by Crippen LogP contribution is 2.33. The molecule has 0 radical (unpaired) electrons. The predicted octanol–water partition coefficient (Wildman–Crippen LogP) is 2.84. The van der Waals surface area contributed by atoms with Crippen molar-refractivity contribution < 1.29 is 22.7 Å². The Morgan fingerprint density at radius 3 is 2.39 bits per heavy atom. The van der Waals surface area contributed by atoms with Gasteiger partial charge in [0.1, 0.15) is 12.4 Å². The van der Waals surface area contributed by atoms with Crippen LogP contribution >= 0.6 is 0 Å². The second kappa shape index (κ2) is 6.06. The number of ether oxygens (including phenoxy) is 1. The quantitative estimate of drug-likeness (QED) is 0.641. The molecule has 118 valence electrons. The van der Waals surface area contributed by atoms with Crippen molar-refractivity contribution in [1.29, 1.82) is 0 Å². The highest BCUT2D eigenvalue weighted by Gasteiger charge is 2.27. The lowest BCUT2D eigenvalue weighted by atomic mass is 9.96. The molecule has 4 nitrogen and oxygen atoms in total. The molecule has 0 saturated heterocycles. The molecule has 0 spiro atoms. The Kier molecular flexibility index (Phi) is 4.11. The second-order valence-electron chi connectivity index (χ2n) is 5.15. The highest BCUT2D eigenvalue weighted by molar-refractivity contribution is 7.79. The first-order chi connectivity index (χ1) is 11.0. The van der Waals surface area contributed by atoms with Gasteiger partial charge in [-0.1, -0.05) is 24.3 Å². The van der Waals surface area contributed by atoms with Crippen LogP contribution in [0.5, 0.6) is 0 Å². The van der Waals surface area contributed by atoms with E-state index in [0.717, 1.165) is 0 Å². The molecule has 1 heterocycles. The van der Waals surface area contributed by atoms with Crippen molar-refractivity contribution in [3.05, 3.63) is 65.0 Å². The molecule has 1 unspecified atom stereocenters. The van der Waals surface area contributed by atoms with Gasteiger partial charge >= 0.3 is 5.97 Å². The van der Waals surface area contributed by atoms with E-state index in [2.05, 4.69) is 0 Å². The first kappa shape index (κ1) is 15.6. The molecule has 1 atom stereocenters. The molecule has 0 bridgehead atoms. The van der Waals surface area contributed by atoms with Gasteiger partial charge in [-0.15, -0.1) is 0 Å². The Morgan fingerprint density at radius 1 is 1.13 bits per heavy atom. The van der Waals surface area contributed by atoms with Gasteiger partial charge in [0.25, 0.3) is 0 Å². The summed E-state index contributed by atoms with van der Waals surface area (Å²) in [4.78, 5) is 12.2. The number of carbonyl (C=O) groups is 1. The summed E-state index contributed by atoms with van der Waals surface area (Å²) in [7, 11) is 0. The van der Waals surface area contributed by atoms with E-state index >= 15 is 0 Å². The fourth-order valence-corrected chi connectivity index (χ4v) is 2.80. The summed E-state index contributed by atoms with van der Waals surface area (Å²) in [6.45, 7) is 1.71. The van der Waals surface area contributed by atoms with Crippen LogP contribution in [0, 0.1) is 12.7 Å². The molecule has 1 aliphatic rings. The fraction of sp³-hybridized carbons (Fsp3) is 0.118. The summed E-state index contributed by atoms with van der Waals surface area (Å²) in [5.41, 5.74) is 2.52. The summed E-state index contributed by atoms with van der Waals surface area (Å²) >= 11 is -2.31. The van der Waals surface area contributed by atoms with Crippen molar-refractivity contribution in [2.24, 2.45) is 0 Å². The molecule has 2 aromatic carbocycles. The summed E-state index contributed by atoms with van der Waals surface area (Å²) in [6.07, 6.45) is 0. The fourth-order valence-electron chi connectivity index (χ4n) is 2.44. The lowest BCUT2D eigenvalue weighted by Crippen LogP contribution is -1.99. The SMILES string of the molecule is Cc1ccc(C2=C(c3ccc(S(=O)[O-])cc3)COC2=O)cc1F. The average molecular weight is 331 g/mol. The summed E-state index contributed by atoms with van der Waals surface area (Å²) in [5.74, 6) is -0.911. The lowest BCUT2D eigenvalue weighted by molar-refractivity contribution is -0.133. The highest BCUT2D eigenvalue weighted by atomic mass is 32.2. The predicted molar refractivity (Wildman–Crippen MR) is 82.5 cm³/mol. The Labute approximate surface area is 134 Å². The van der Waals surface area contributed by atoms with Gasteiger partial charge in [0.2, 0.25) is 0 Å². The standard InChI is InChI=1S/C17H13FO4S/c1-10-2-3-12(8-15(10)18)16-14(9-22-17(16)19)11-4-6-13(7-5-11)23(20)21/h2-8H,9H2,1H3,(H,20,21)/p-1. The largest absolute Gasteiger partial charge is 0.768 e. The van der Waals surface area contributed by atoms with Gasteiger partial charge in [-0.2, -0.15) is 0 Å². The Morgan fingerprint density at radius 2 is 1.78 bits per heavy atom. The molecule has 3 rings (SSSR count). The Hall–Kier alpha value is -2.31. The Balaban J connectivity index is 2.10. The number of benzene rings is 2. The summed E-state index contributed by atoms with van der Waals surface area (Å²) in [6, 6.07) is 10.7. The van der Waals surface area contributed by atoms with Crippen LogP contribution in [0.3, 0.4) is 0 Å². The van der Waals surface area contributed by atoms with Crippen molar-refractivity contribution in [2.75, 3.05) is 6.61 Å². The molecule has 0 saturated carbocycles. The monoisotopic (exact) mass is 331 g/mol. The van der Waals surface area contributed by atoms with Crippen molar-refractivity contribution >= 4 is 28.2 Å². The lowest BCUT2D eigenvalue weighted by Gasteiger charge is -2.08. The van der Waals surface area contributed by atoms with E-state index in [1.165, 1.54) is 18.2 Å². The van der Waals surface area contributed by atoms with E-state index < -0.39 is 22.9 Å². The van der Waals surface area contributed by atoms with E-state index in [-0.39, 0.29) is 11.5 Å². The van der Waals surface area contributed by atoms with E-state index in [4.69, 9.17) is 4.74 Å². The molecule has 0 amide bonds. The first-order valence-electron chi connectivity index (χ1n) is 6.84. The van der Waals surface area contributed by atoms with Crippen LogP contribution in [-0.4, -0.2) is 21.3 Å².